The highest BCUT2D eigenvalue weighted by molar-refractivity contribution is 5.90. The van der Waals surface area contributed by atoms with Crippen LogP contribution >= 0.6 is 0 Å². The van der Waals surface area contributed by atoms with Crippen LogP contribution in [0, 0.1) is 23.2 Å². The van der Waals surface area contributed by atoms with E-state index in [1.165, 1.54) is 0 Å². The van der Waals surface area contributed by atoms with Crippen molar-refractivity contribution in [3.05, 3.63) is 47.0 Å². The molecule has 33 heavy (non-hydrogen) atoms. The molecule has 2 heterocycles. The summed E-state index contributed by atoms with van der Waals surface area (Å²) in [6.07, 6.45) is 0.589. The lowest BCUT2D eigenvalue weighted by Gasteiger charge is -2.58. The minimum atomic E-state index is -1.63. The summed E-state index contributed by atoms with van der Waals surface area (Å²) in [7, 11) is 0. The minimum absolute atomic E-state index is 0.000326. The van der Waals surface area contributed by atoms with Crippen molar-refractivity contribution in [3.8, 4) is 0 Å². The molecule has 5 aliphatic rings. The maximum Gasteiger partial charge on any atom is 0.338 e. The maximum absolute atomic E-state index is 13.4. The zero-order valence-electron chi connectivity index (χ0n) is 20.1. The van der Waals surface area contributed by atoms with Crippen molar-refractivity contribution >= 4 is 11.9 Å². The van der Waals surface area contributed by atoms with Gasteiger partial charge >= 0.3 is 11.9 Å². The van der Waals surface area contributed by atoms with Gasteiger partial charge in [0.25, 0.3) is 0 Å². The van der Waals surface area contributed by atoms with Gasteiger partial charge in [0.1, 0.15) is 5.60 Å². The Balaban J connectivity index is 1.74. The van der Waals surface area contributed by atoms with Gasteiger partial charge in [-0.1, -0.05) is 51.5 Å². The predicted octanol–water partition coefficient (Wildman–Crippen LogP) is 3.80. The molecule has 0 radical (unpaired) electrons. The summed E-state index contributed by atoms with van der Waals surface area (Å²) in [6, 6.07) is 8.75. The van der Waals surface area contributed by atoms with Gasteiger partial charge in [-0.15, -0.1) is 0 Å². The van der Waals surface area contributed by atoms with Crippen LogP contribution in [0.2, 0.25) is 0 Å². The molecule has 0 aromatic heterocycles. The Kier molecular flexibility index (Phi) is 4.74. The quantitative estimate of drug-likeness (QED) is 0.533. The second kappa shape index (κ2) is 6.92. The molecule has 1 saturated carbocycles. The molecule has 2 aliphatic heterocycles. The largest absolute Gasteiger partial charge is 0.454 e. The van der Waals surface area contributed by atoms with Crippen molar-refractivity contribution in [2.45, 2.75) is 83.2 Å². The predicted molar refractivity (Wildman–Crippen MR) is 121 cm³/mol. The number of carbonyl (C=O) groups is 2. The van der Waals surface area contributed by atoms with E-state index < -0.39 is 40.3 Å². The van der Waals surface area contributed by atoms with E-state index in [1.807, 2.05) is 19.9 Å². The lowest BCUT2D eigenvalue weighted by atomic mass is 9.53. The highest BCUT2D eigenvalue weighted by atomic mass is 16.6. The summed E-state index contributed by atoms with van der Waals surface area (Å²) in [5, 5.41) is 24.2. The first kappa shape index (κ1) is 22.6. The first-order chi connectivity index (χ1) is 15.4. The van der Waals surface area contributed by atoms with Crippen LogP contribution in [-0.4, -0.2) is 45.1 Å². The molecule has 2 N–H and O–H groups in total. The summed E-state index contributed by atoms with van der Waals surface area (Å²) >= 11 is 0. The van der Waals surface area contributed by atoms with Gasteiger partial charge in [0, 0.05) is 11.0 Å². The van der Waals surface area contributed by atoms with Gasteiger partial charge < -0.3 is 19.7 Å². The Bertz CT molecular complexity index is 1040. The Morgan fingerprint density at radius 3 is 2.48 bits per heavy atom. The first-order valence-corrected chi connectivity index (χ1v) is 12.1. The van der Waals surface area contributed by atoms with Gasteiger partial charge in [-0.2, -0.15) is 0 Å². The monoisotopic (exact) mass is 454 g/mol. The van der Waals surface area contributed by atoms with Crippen molar-refractivity contribution in [2.75, 3.05) is 0 Å². The fourth-order valence-electron chi connectivity index (χ4n) is 7.65. The molecule has 0 amide bonds. The number of carbonyl (C=O) groups excluding carboxylic acids is 2. The molecule has 3 aliphatic carbocycles. The van der Waals surface area contributed by atoms with Crippen molar-refractivity contribution in [1.29, 1.82) is 0 Å². The standard InChI is InChI=1S/C27H34O6/c1-15(2)18-13-19-21(25(18,5)30)22-27(31)16(3)11-12-26(27,24(19,4)14-20(28)32-22)33-23(29)17-9-7-6-8-10-17/h6-10,15-16,18,22,30-31H,11-14H2,1-5H3/t16?,18-,22?,24?,25+,26+,27?/m1/s1. The van der Waals surface area contributed by atoms with E-state index in [2.05, 4.69) is 13.8 Å². The Morgan fingerprint density at radius 1 is 1.18 bits per heavy atom. The van der Waals surface area contributed by atoms with Crippen LogP contribution in [-0.2, 0) is 14.3 Å². The number of hydrogen-bond acceptors (Lipinski definition) is 6. The van der Waals surface area contributed by atoms with E-state index in [-0.39, 0.29) is 24.2 Å². The molecular weight excluding hydrogens is 420 g/mol. The van der Waals surface area contributed by atoms with Crippen LogP contribution in [0.1, 0.15) is 70.7 Å². The highest BCUT2D eigenvalue weighted by Gasteiger charge is 2.80. The van der Waals surface area contributed by atoms with Gasteiger partial charge in [0.05, 0.1) is 17.6 Å². The number of rotatable bonds is 3. The lowest BCUT2D eigenvalue weighted by Crippen LogP contribution is -2.71. The summed E-state index contributed by atoms with van der Waals surface area (Å²) in [5.41, 5.74) is -3.23. The molecule has 2 fully saturated rings. The Labute approximate surface area is 195 Å². The number of ether oxygens (including phenoxy) is 2. The molecule has 4 unspecified atom stereocenters. The van der Waals surface area contributed by atoms with Crippen LogP contribution in [0.25, 0.3) is 0 Å². The van der Waals surface area contributed by atoms with E-state index in [4.69, 9.17) is 9.47 Å². The molecule has 6 heteroatoms. The molecule has 6 nitrogen and oxygen atoms in total. The van der Waals surface area contributed by atoms with E-state index in [0.717, 1.165) is 5.57 Å². The average Bonchev–Trinajstić information content (AvgIpc) is 3.11. The number of esters is 2. The molecule has 1 saturated heterocycles. The van der Waals surface area contributed by atoms with Gasteiger partial charge in [0.15, 0.2) is 11.7 Å². The van der Waals surface area contributed by atoms with E-state index in [9.17, 15) is 19.8 Å². The fourth-order valence-corrected chi connectivity index (χ4v) is 7.65. The molecule has 6 rings (SSSR count). The maximum atomic E-state index is 13.4. The zero-order valence-corrected chi connectivity index (χ0v) is 20.1. The second-order valence-corrected chi connectivity index (χ2v) is 11.3. The third-order valence-electron chi connectivity index (χ3n) is 9.39. The number of benzene rings is 1. The van der Waals surface area contributed by atoms with Crippen LogP contribution in [0.15, 0.2) is 41.5 Å². The van der Waals surface area contributed by atoms with Crippen LogP contribution in [0.3, 0.4) is 0 Å². The zero-order chi connectivity index (χ0) is 24.0. The minimum Gasteiger partial charge on any atom is -0.454 e. The van der Waals surface area contributed by atoms with Crippen LogP contribution < -0.4 is 0 Å². The number of aliphatic hydroxyl groups is 2. The molecule has 7 atom stereocenters. The van der Waals surface area contributed by atoms with Crippen molar-refractivity contribution in [1.82, 2.24) is 0 Å². The molecule has 1 aromatic carbocycles. The summed E-state index contributed by atoms with van der Waals surface area (Å²) in [5.74, 6) is -1.14. The second-order valence-electron chi connectivity index (χ2n) is 11.3. The topological polar surface area (TPSA) is 93.1 Å². The van der Waals surface area contributed by atoms with Crippen LogP contribution in [0.5, 0.6) is 0 Å². The first-order valence-electron chi connectivity index (χ1n) is 12.1. The molecule has 178 valence electrons. The van der Waals surface area contributed by atoms with Gasteiger partial charge in [-0.05, 0) is 56.1 Å². The number of hydrogen-bond donors (Lipinski definition) is 2. The smallest absolute Gasteiger partial charge is 0.338 e. The lowest BCUT2D eigenvalue weighted by molar-refractivity contribution is -0.231. The number of fused-ring (bicyclic) bond motifs is 2. The van der Waals surface area contributed by atoms with E-state index >= 15 is 0 Å². The average molecular weight is 455 g/mol. The van der Waals surface area contributed by atoms with E-state index in [0.29, 0.717) is 30.4 Å². The van der Waals surface area contributed by atoms with Gasteiger partial charge in [-0.3, -0.25) is 4.79 Å². The normalized spacial score (nSPS) is 43.9. The van der Waals surface area contributed by atoms with Gasteiger partial charge in [0.2, 0.25) is 0 Å². The third-order valence-corrected chi connectivity index (χ3v) is 9.39. The SMILES string of the molecule is CC(C)[C@H]1CC2=C(C3OC(=O)CC2(C)[C@@]2(OC(=O)c4ccccc4)CCC(C)C32O)[C@@]1(C)O. The Morgan fingerprint density at radius 2 is 1.85 bits per heavy atom. The van der Waals surface area contributed by atoms with Crippen molar-refractivity contribution in [2.24, 2.45) is 23.2 Å². The Hall–Kier alpha value is -2.18. The molecule has 2 bridgehead atoms. The highest BCUT2D eigenvalue weighted by Crippen LogP contribution is 2.70. The molecular formula is C27H34O6. The summed E-state index contributed by atoms with van der Waals surface area (Å²) in [4.78, 5) is 26.4. The van der Waals surface area contributed by atoms with Crippen LogP contribution in [0.4, 0.5) is 0 Å². The molecule has 1 aromatic rings. The van der Waals surface area contributed by atoms with Crippen molar-refractivity contribution < 1.29 is 29.3 Å². The summed E-state index contributed by atoms with van der Waals surface area (Å²) in [6.45, 7) is 9.76. The molecule has 0 spiro atoms. The van der Waals surface area contributed by atoms with Gasteiger partial charge in [-0.25, -0.2) is 4.79 Å². The fraction of sp³-hybridized carbons (Fsp3) is 0.630. The summed E-state index contributed by atoms with van der Waals surface area (Å²) < 4.78 is 12.3. The third kappa shape index (κ3) is 2.62. The van der Waals surface area contributed by atoms with Crippen molar-refractivity contribution in [3.63, 3.8) is 0 Å². The van der Waals surface area contributed by atoms with E-state index in [1.54, 1.807) is 31.2 Å².